The molecule has 0 spiro atoms. The number of amides is 1. The van der Waals surface area contributed by atoms with Crippen LogP contribution < -0.4 is 10.5 Å². The van der Waals surface area contributed by atoms with Crippen LogP contribution in [0.2, 0.25) is 19.6 Å². The van der Waals surface area contributed by atoms with Crippen molar-refractivity contribution in [1.29, 1.82) is 0 Å². The van der Waals surface area contributed by atoms with Gasteiger partial charge in [-0.15, -0.1) is 6.42 Å². The Kier molecular flexibility index (Phi) is 4.94. The minimum atomic E-state index is -1.43. The highest BCUT2D eigenvalue weighted by atomic mass is 28.3. The Morgan fingerprint density at radius 2 is 2.23 bits per heavy atom. The van der Waals surface area contributed by atoms with Crippen LogP contribution in [0.3, 0.4) is 0 Å². The molecule has 1 aromatic rings. The first-order valence-electron chi connectivity index (χ1n) is 7.61. The van der Waals surface area contributed by atoms with Crippen LogP contribution in [0.5, 0.6) is 0 Å². The van der Waals surface area contributed by atoms with Gasteiger partial charge in [-0.25, -0.2) is 4.79 Å². The van der Waals surface area contributed by atoms with Crippen molar-refractivity contribution in [3.05, 3.63) is 29.8 Å². The van der Waals surface area contributed by atoms with Crippen molar-refractivity contribution >= 4 is 19.4 Å². The van der Waals surface area contributed by atoms with Crippen molar-refractivity contribution in [1.82, 2.24) is 10.2 Å². The number of piperazine rings is 1. The molecule has 1 amide bonds. The maximum absolute atomic E-state index is 11.5. The average molecular weight is 316 g/mol. The van der Waals surface area contributed by atoms with E-state index in [0.717, 1.165) is 5.56 Å². The molecular weight excluding hydrogens is 292 g/mol. The lowest BCUT2D eigenvalue weighted by molar-refractivity contribution is 0.108. The van der Waals surface area contributed by atoms with E-state index in [1.54, 1.807) is 0 Å². The molecule has 0 saturated carbocycles. The molecule has 0 radical (unpaired) electrons. The Hall–Kier alpha value is -1.77. The smallest absolute Gasteiger partial charge is 0.407 e. The van der Waals surface area contributed by atoms with Crippen molar-refractivity contribution < 1.29 is 9.90 Å². The van der Waals surface area contributed by atoms with Gasteiger partial charge in [0.2, 0.25) is 0 Å². The number of nitrogens with zero attached hydrogens (tertiary/aromatic N) is 1. The molecule has 4 nitrogen and oxygen atoms in total. The first-order valence-corrected chi connectivity index (χ1v) is 11.1. The number of hydrogen-bond donors (Lipinski definition) is 2. The number of carbonyl (C=O) groups is 1. The Morgan fingerprint density at radius 1 is 1.50 bits per heavy atom. The van der Waals surface area contributed by atoms with E-state index in [4.69, 9.17) is 6.42 Å². The zero-order chi connectivity index (χ0) is 16.3. The number of carboxylic acid groups (broad SMARTS) is 1. The van der Waals surface area contributed by atoms with Gasteiger partial charge in [-0.1, -0.05) is 55.0 Å². The van der Waals surface area contributed by atoms with Gasteiger partial charge in [0, 0.05) is 19.6 Å². The van der Waals surface area contributed by atoms with E-state index in [1.807, 2.05) is 12.1 Å². The number of nitrogens with one attached hydrogen (secondary N) is 1. The molecule has 5 heteroatoms. The molecule has 1 aromatic carbocycles. The molecule has 0 aromatic heterocycles. The van der Waals surface area contributed by atoms with Crippen molar-refractivity contribution in [2.45, 2.75) is 31.6 Å². The summed E-state index contributed by atoms with van der Waals surface area (Å²) < 4.78 is 0. The van der Waals surface area contributed by atoms with Crippen LogP contribution >= 0.6 is 0 Å². The van der Waals surface area contributed by atoms with Crippen molar-refractivity contribution in [3.63, 3.8) is 0 Å². The lowest BCUT2D eigenvalue weighted by atomic mass is 9.90. The molecule has 2 N–H and O–H groups in total. The fourth-order valence-corrected chi connectivity index (χ4v) is 4.08. The summed E-state index contributed by atoms with van der Waals surface area (Å²) in [4.78, 5) is 13.0. The second-order valence-electron chi connectivity index (χ2n) is 6.77. The lowest BCUT2D eigenvalue weighted by Crippen LogP contribution is -2.55. The second-order valence-corrected chi connectivity index (χ2v) is 11.8. The van der Waals surface area contributed by atoms with Crippen LogP contribution in [0, 0.1) is 12.3 Å². The molecular formula is C17H24N2O2Si. The van der Waals surface area contributed by atoms with Gasteiger partial charge < -0.3 is 15.3 Å². The SMILES string of the molecule is C#CC(c1cccc([Si](C)(C)C)c1)C1CNCCN1C(=O)O. The van der Waals surface area contributed by atoms with Crippen LogP contribution in [0.15, 0.2) is 24.3 Å². The van der Waals surface area contributed by atoms with Crippen molar-refractivity contribution in [2.75, 3.05) is 19.6 Å². The highest BCUT2D eigenvalue weighted by molar-refractivity contribution is 6.88. The van der Waals surface area contributed by atoms with Crippen molar-refractivity contribution in [3.8, 4) is 12.3 Å². The number of benzene rings is 1. The molecule has 1 heterocycles. The summed E-state index contributed by atoms with van der Waals surface area (Å²) in [6.45, 7) is 8.63. The number of hydrogen-bond acceptors (Lipinski definition) is 2. The molecule has 2 atom stereocenters. The quantitative estimate of drug-likeness (QED) is 0.661. The topological polar surface area (TPSA) is 52.6 Å². The summed E-state index contributed by atoms with van der Waals surface area (Å²) in [7, 11) is -1.43. The predicted octanol–water partition coefficient (Wildman–Crippen LogP) is 1.90. The van der Waals surface area contributed by atoms with Gasteiger partial charge in [0.1, 0.15) is 0 Å². The normalized spacial score (nSPS) is 20.3. The zero-order valence-electron chi connectivity index (χ0n) is 13.5. The van der Waals surface area contributed by atoms with Gasteiger partial charge in [-0.2, -0.15) is 0 Å². The predicted molar refractivity (Wildman–Crippen MR) is 92.4 cm³/mol. The van der Waals surface area contributed by atoms with Gasteiger partial charge in [0.05, 0.1) is 20.0 Å². The first-order chi connectivity index (χ1) is 10.3. The minimum Gasteiger partial charge on any atom is -0.465 e. The standard InChI is InChI=1S/C17H24N2O2Si/c1-5-15(16-12-18-9-10-19(16)17(20)21)13-7-6-8-14(11-13)22(2,3)4/h1,6-8,11,15-16,18H,9-10,12H2,2-4H3,(H,20,21). The van der Waals surface area contributed by atoms with Crippen LogP contribution in [-0.2, 0) is 0 Å². The first kappa shape index (κ1) is 16.6. The molecule has 1 saturated heterocycles. The van der Waals surface area contributed by atoms with Gasteiger partial charge in [-0.3, -0.25) is 0 Å². The fraction of sp³-hybridized carbons (Fsp3) is 0.471. The van der Waals surface area contributed by atoms with Gasteiger partial charge in [0.25, 0.3) is 0 Å². The summed E-state index contributed by atoms with van der Waals surface area (Å²) in [5, 5.41) is 14.0. The third-order valence-corrected chi connectivity index (χ3v) is 6.25. The Balaban J connectivity index is 2.35. The monoisotopic (exact) mass is 316 g/mol. The van der Waals surface area contributed by atoms with E-state index in [1.165, 1.54) is 10.1 Å². The highest BCUT2D eigenvalue weighted by Gasteiger charge is 2.33. The number of rotatable bonds is 3. The molecule has 0 bridgehead atoms. The van der Waals surface area contributed by atoms with E-state index < -0.39 is 14.2 Å². The molecule has 2 unspecified atom stereocenters. The summed E-state index contributed by atoms with van der Waals surface area (Å²) in [6.07, 6.45) is 4.88. The molecule has 2 rings (SSSR count). The maximum Gasteiger partial charge on any atom is 0.407 e. The Labute approximate surface area is 133 Å². The molecule has 118 valence electrons. The lowest BCUT2D eigenvalue weighted by Gasteiger charge is -2.37. The Morgan fingerprint density at radius 3 is 2.82 bits per heavy atom. The van der Waals surface area contributed by atoms with Gasteiger partial charge in [0.15, 0.2) is 0 Å². The van der Waals surface area contributed by atoms with Gasteiger partial charge >= 0.3 is 6.09 Å². The molecule has 22 heavy (non-hydrogen) atoms. The summed E-state index contributed by atoms with van der Waals surface area (Å²) in [6, 6.07) is 8.16. The molecule has 1 aliphatic rings. The summed E-state index contributed by atoms with van der Waals surface area (Å²) in [5.41, 5.74) is 1.04. The average Bonchev–Trinajstić information content (AvgIpc) is 2.48. The highest BCUT2D eigenvalue weighted by Crippen LogP contribution is 2.24. The maximum atomic E-state index is 11.5. The van der Waals surface area contributed by atoms with Crippen LogP contribution in [-0.4, -0.2) is 49.8 Å². The van der Waals surface area contributed by atoms with E-state index >= 15 is 0 Å². The number of terminal acetylenes is 1. The fourth-order valence-electron chi connectivity index (χ4n) is 2.89. The van der Waals surface area contributed by atoms with Crippen LogP contribution in [0.4, 0.5) is 4.79 Å². The molecule has 0 aliphatic carbocycles. The van der Waals surface area contributed by atoms with E-state index in [2.05, 4.69) is 43.0 Å². The summed E-state index contributed by atoms with van der Waals surface area (Å²) in [5.74, 6) is 2.60. The van der Waals surface area contributed by atoms with Crippen molar-refractivity contribution in [2.24, 2.45) is 0 Å². The zero-order valence-corrected chi connectivity index (χ0v) is 14.5. The van der Waals surface area contributed by atoms with Gasteiger partial charge in [-0.05, 0) is 5.56 Å². The third-order valence-electron chi connectivity index (χ3n) is 4.21. The largest absolute Gasteiger partial charge is 0.465 e. The minimum absolute atomic E-state index is 0.215. The van der Waals surface area contributed by atoms with Crippen LogP contribution in [0.25, 0.3) is 0 Å². The van der Waals surface area contributed by atoms with Crippen LogP contribution in [0.1, 0.15) is 11.5 Å². The Bertz CT molecular complexity index is 589. The third kappa shape index (κ3) is 3.52. The second kappa shape index (κ2) is 6.55. The molecule has 1 fully saturated rings. The van der Waals surface area contributed by atoms with E-state index in [9.17, 15) is 9.90 Å². The van der Waals surface area contributed by atoms with E-state index in [0.29, 0.717) is 19.6 Å². The van der Waals surface area contributed by atoms with E-state index in [-0.39, 0.29) is 12.0 Å². The molecule has 1 aliphatic heterocycles. The summed E-state index contributed by atoms with van der Waals surface area (Å²) >= 11 is 0.